The van der Waals surface area contributed by atoms with Crippen molar-refractivity contribution in [3.63, 3.8) is 0 Å². The zero-order valence-corrected chi connectivity index (χ0v) is 10.9. The van der Waals surface area contributed by atoms with Gasteiger partial charge in [-0.3, -0.25) is 4.98 Å². The summed E-state index contributed by atoms with van der Waals surface area (Å²) in [7, 11) is 0. The molecule has 0 saturated carbocycles. The van der Waals surface area contributed by atoms with Crippen LogP contribution >= 0.6 is 0 Å². The number of nitrogens with zero attached hydrogens (tertiary/aromatic N) is 3. The Bertz CT molecular complexity index is 769. The standard InChI is InChI=1S/C15H11N3O3/c19-15(20)12-4-2-1-3-11(12)14-17-13(18-21-14)9-10-5-7-16-8-6-10/h1-8H,9H2,(H,19,20). The maximum Gasteiger partial charge on any atom is 0.336 e. The molecule has 0 radical (unpaired) electrons. The number of hydrogen-bond acceptors (Lipinski definition) is 5. The first-order chi connectivity index (χ1) is 10.2. The minimum Gasteiger partial charge on any atom is -0.478 e. The van der Waals surface area contributed by atoms with Crippen LogP contribution in [0.1, 0.15) is 21.7 Å². The summed E-state index contributed by atoms with van der Waals surface area (Å²) in [5, 5.41) is 13.1. The highest BCUT2D eigenvalue weighted by Gasteiger charge is 2.16. The molecular weight excluding hydrogens is 270 g/mol. The lowest BCUT2D eigenvalue weighted by Gasteiger charge is -1.99. The molecule has 0 spiro atoms. The van der Waals surface area contributed by atoms with Crippen LogP contribution in [0, 0.1) is 0 Å². The molecule has 0 aliphatic heterocycles. The van der Waals surface area contributed by atoms with Gasteiger partial charge in [-0.2, -0.15) is 4.98 Å². The molecule has 3 aromatic rings. The Morgan fingerprint density at radius 2 is 1.90 bits per heavy atom. The van der Waals surface area contributed by atoms with Crippen molar-refractivity contribution in [3.8, 4) is 11.5 Å². The molecule has 0 aliphatic rings. The van der Waals surface area contributed by atoms with Gasteiger partial charge in [0.25, 0.3) is 5.89 Å². The van der Waals surface area contributed by atoms with Crippen LogP contribution in [-0.2, 0) is 6.42 Å². The third kappa shape index (κ3) is 2.79. The molecule has 0 amide bonds. The topological polar surface area (TPSA) is 89.1 Å². The van der Waals surface area contributed by atoms with Crippen LogP contribution in [0.15, 0.2) is 53.3 Å². The Morgan fingerprint density at radius 3 is 2.67 bits per heavy atom. The van der Waals surface area contributed by atoms with Crippen LogP contribution < -0.4 is 0 Å². The number of benzene rings is 1. The van der Waals surface area contributed by atoms with E-state index in [0.717, 1.165) is 5.56 Å². The summed E-state index contributed by atoms with van der Waals surface area (Å²) in [5.41, 5.74) is 1.55. The molecule has 2 heterocycles. The zero-order valence-electron chi connectivity index (χ0n) is 10.9. The van der Waals surface area contributed by atoms with Gasteiger partial charge in [0.05, 0.1) is 11.1 Å². The molecule has 6 heteroatoms. The van der Waals surface area contributed by atoms with E-state index < -0.39 is 5.97 Å². The van der Waals surface area contributed by atoms with Crippen LogP contribution in [0.5, 0.6) is 0 Å². The Kier molecular flexibility index (Phi) is 3.42. The fourth-order valence-corrected chi connectivity index (χ4v) is 1.97. The van der Waals surface area contributed by atoms with Gasteiger partial charge in [0.2, 0.25) is 0 Å². The molecule has 1 N–H and O–H groups in total. The molecule has 0 unspecified atom stereocenters. The summed E-state index contributed by atoms with van der Waals surface area (Å²) in [5.74, 6) is -0.326. The zero-order chi connectivity index (χ0) is 14.7. The molecule has 0 atom stereocenters. The van der Waals surface area contributed by atoms with E-state index in [1.807, 2.05) is 12.1 Å². The van der Waals surface area contributed by atoms with Gasteiger partial charge in [0, 0.05) is 18.8 Å². The fraction of sp³-hybridized carbons (Fsp3) is 0.0667. The quantitative estimate of drug-likeness (QED) is 0.790. The summed E-state index contributed by atoms with van der Waals surface area (Å²) in [6, 6.07) is 10.3. The molecule has 21 heavy (non-hydrogen) atoms. The van der Waals surface area contributed by atoms with Crippen molar-refractivity contribution in [3.05, 3.63) is 65.7 Å². The summed E-state index contributed by atoms with van der Waals surface area (Å²) in [6.45, 7) is 0. The summed E-state index contributed by atoms with van der Waals surface area (Å²) >= 11 is 0. The number of carboxylic acid groups (broad SMARTS) is 1. The average Bonchev–Trinajstić information content (AvgIpc) is 2.96. The molecule has 1 aromatic carbocycles. The largest absolute Gasteiger partial charge is 0.478 e. The SMILES string of the molecule is O=C(O)c1ccccc1-c1nc(Cc2ccncc2)no1. The van der Waals surface area contributed by atoms with Crippen molar-refractivity contribution in [2.45, 2.75) is 6.42 Å². The van der Waals surface area contributed by atoms with Crippen molar-refractivity contribution in [1.82, 2.24) is 15.1 Å². The second-order valence-corrected chi connectivity index (χ2v) is 4.40. The number of carboxylic acids is 1. The van der Waals surface area contributed by atoms with Crippen LogP contribution in [0.25, 0.3) is 11.5 Å². The van der Waals surface area contributed by atoms with E-state index in [-0.39, 0.29) is 11.5 Å². The number of aromatic carboxylic acids is 1. The molecule has 3 rings (SSSR count). The Hall–Kier alpha value is -3.02. The van der Waals surface area contributed by atoms with Crippen molar-refractivity contribution in [2.24, 2.45) is 0 Å². The molecule has 104 valence electrons. The number of hydrogen-bond donors (Lipinski definition) is 1. The third-order valence-corrected chi connectivity index (χ3v) is 2.97. The highest BCUT2D eigenvalue weighted by molar-refractivity contribution is 5.94. The first-order valence-electron chi connectivity index (χ1n) is 6.28. The third-order valence-electron chi connectivity index (χ3n) is 2.97. The number of rotatable bonds is 4. The van der Waals surface area contributed by atoms with E-state index in [0.29, 0.717) is 17.8 Å². The van der Waals surface area contributed by atoms with Gasteiger partial charge in [-0.15, -0.1) is 0 Å². The highest BCUT2D eigenvalue weighted by atomic mass is 16.5. The van der Waals surface area contributed by atoms with Crippen LogP contribution in [0.2, 0.25) is 0 Å². The van der Waals surface area contributed by atoms with E-state index >= 15 is 0 Å². The van der Waals surface area contributed by atoms with Gasteiger partial charge in [0.15, 0.2) is 5.82 Å². The predicted molar refractivity (Wildman–Crippen MR) is 73.7 cm³/mol. The van der Waals surface area contributed by atoms with Crippen molar-refractivity contribution < 1.29 is 14.4 Å². The van der Waals surface area contributed by atoms with E-state index in [1.54, 1.807) is 30.6 Å². The maximum absolute atomic E-state index is 11.2. The van der Waals surface area contributed by atoms with Gasteiger partial charge < -0.3 is 9.63 Å². The predicted octanol–water partition coefficient (Wildman–Crippen LogP) is 2.42. The average molecular weight is 281 g/mol. The van der Waals surface area contributed by atoms with E-state index in [2.05, 4.69) is 15.1 Å². The molecule has 0 bridgehead atoms. The Balaban J connectivity index is 1.90. The van der Waals surface area contributed by atoms with Crippen molar-refractivity contribution in [2.75, 3.05) is 0 Å². The smallest absolute Gasteiger partial charge is 0.336 e. The van der Waals surface area contributed by atoms with E-state index in [1.165, 1.54) is 6.07 Å². The van der Waals surface area contributed by atoms with E-state index in [4.69, 9.17) is 4.52 Å². The summed E-state index contributed by atoms with van der Waals surface area (Å²) in [6.07, 6.45) is 3.88. The Labute approximate surface area is 120 Å². The molecule has 0 fully saturated rings. The van der Waals surface area contributed by atoms with Gasteiger partial charge in [-0.1, -0.05) is 17.3 Å². The van der Waals surface area contributed by atoms with Crippen LogP contribution in [0.3, 0.4) is 0 Å². The molecule has 2 aromatic heterocycles. The number of aromatic nitrogens is 3. The lowest BCUT2D eigenvalue weighted by atomic mass is 10.1. The molecule has 0 saturated heterocycles. The maximum atomic E-state index is 11.2. The minimum atomic E-state index is -1.03. The second kappa shape index (κ2) is 5.54. The first-order valence-corrected chi connectivity index (χ1v) is 6.28. The van der Waals surface area contributed by atoms with Crippen LogP contribution in [-0.4, -0.2) is 26.2 Å². The molecular formula is C15H11N3O3. The van der Waals surface area contributed by atoms with Gasteiger partial charge in [-0.25, -0.2) is 4.79 Å². The normalized spacial score (nSPS) is 10.5. The van der Waals surface area contributed by atoms with Crippen molar-refractivity contribution >= 4 is 5.97 Å². The van der Waals surface area contributed by atoms with Gasteiger partial charge >= 0.3 is 5.97 Å². The first kappa shape index (κ1) is 13.0. The Morgan fingerprint density at radius 1 is 1.14 bits per heavy atom. The summed E-state index contributed by atoms with van der Waals surface area (Å²) in [4.78, 5) is 19.4. The minimum absolute atomic E-state index is 0.136. The fourth-order valence-electron chi connectivity index (χ4n) is 1.97. The highest BCUT2D eigenvalue weighted by Crippen LogP contribution is 2.22. The lowest BCUT2D eigenvalue weighted by Crippen LogP contribution is -1.99. The number of pyridine rings is 1. The molecule has 6 nitrogen and oxygen atoms in total. The summed E-state index contributed by atoms with van der Waals surface area (Å²) < 4.78 is 5.17. The molecule has 0 aliphatic carbocycles. The number of carbonyl (C=O) groups is 1. The second-order valence-electron chi connectivity index (χ2n) is 4.40. The van der Waals surface area contributed by atoms with Crippen molar-refractivity contribution in [1.29, 1.82) is 0 Å². The van der Waals surface area contributed by atoms with Gasteiger partial charge in [-0.05, 0) is 29.8 Å². The van der Waals surface area contributed by atoms with E-state index in [9.17, 15) is 9.90 Å². The van der Waals surface area contributed by atoms with Crippen LogP contribution in [0.4, 0.5) is 0 Å². The lowest BCUT2D eigenvalue weighted by molar-refractivity contribution is 0.0697. The van der Waals surface area contributed by atoms with Gasteiger partial charge in [0.1, 0.15) is 0 Å². The monoisotopic (exact) mass is 281 g/mol.